The summed E-state index contributed by atoms with van der Waals surface area (Å²) in [4.78, 5) is 11.3. The highest BCUT2D eigenvalue weighted by Crippen LogP contribution is 2.42. The Morgan fingerprint density at radius 2 is 2.33 bits per heavy atom. The van der Waals surface area contributed by atoms with Crippen LogP contribution in [0, 0.1) is 0 Å². The van der Waals surface area contributed by atoms with Crippen LogP contribution >= 0.6 is 0 Å². The molecule has 0 saturated heterocycles. The van der Waals surface area contributed by atoms with Crippen LogP contribution in [0.3, 0.4) is 0 Å². The van der Waals surface area contributed by atoms with Gasteiger partial charge in [0.05, 0.1) is 0 Å². The van der Waals surface area contributed by atoms with E-state index in [0.717, 1.165) is 18.5 Å². The quantitative estimate of drug-likeness (QED) is 0.727. The molecule has 2 aliphatic rings. The van der Waals surface area contributed by atoms with Gasteiger partial charge in [-0.15, -0.1) is 0 Å². The van der Waals surface area contributed by atoms with Crippen molar-refractivity contribution in [3.8, 4) is 0 Å². The molecule has 0 radical (unpaired) electrons. The lowest BCUT2D eigenvalue weighted by molar-refractivity contribution is 0.0999. The number of anilines is 1. The third-order valence-electron chi connectivity index (χ3n) is 3.55. The fourth-order valence-electron chi connectivity index (χ4n) is 2.89. The normalized spacial score (nSPS) is 22.0. The Labute approximate surface area is 88.7 Å². The van der Waals surface area contributed by atoms with Crippen molar-refractivity contribution in [1.82, 2.24) is 0 Å². The third-order valence-corrected chi connectivity index (χ3v) is 3.55. The van der Waals surface area contributed by atoms with Crippen LogP contribution in [-0.2, 0) is 6.42 Å². The summed E-state index contributed by atoms with van der Waals surface area (Å²) in [6, 6.07) is 3.85. The summed E-state index contributed by atoms with van der Waals surface area (Å²) in [7, 11) is 0. The Balaban J connectivity index is 2.23. The van der Waals surface area contributed by atoms with Crippen molar-refractivity contribution in [1.29, 1.82) is 0 Å². The Morgan fingerprint density at radius 1 is 1.47 bits per heavy atom. The molecular weight excluding hydrogens is 188 g/mol. The van der Waals surface area contributed by atoms with Crippen LogP contribution in [0.5, 0.6) is 0 Å². The second-order valence-corrected chi connectivity index (χ2v) is 4.39. The van der Waals surface area contributed by atoms with E-state index in [0.29, 0.717) is 5.92 Å². The van der Waals surface area contributed by atoms with E-state index in [2.05, 4.69) is 5.32 Å². The molecule has 1 aliphatic heterocycles. The molecule has 0 bridgehead atoms. The van der Waals surface area contributed by atoms with Crippen molar-refractivity contribution in [2.45, 2.75) is 25.2 Å². The zero-order valence-electron chi connectivity index (χ0n) is 8.55. The van der Waals surface area contributed by atoms with E-state index in [1.165, 1.54) is 29.7 Å². The van der Waals surface area contributed by atoms with Crippen molar-refractivity contribution >= 4 is 11.6 Å². The molecule has 1 unspecified atom stereocenters. The van der Waals surface area contributed by atoms with Gasteiger partial charge in [-0.05, 0) is 42.5 Å². The van der Waals surface area contributed by atoms with E-state index in [1.807, 2.05) is 12.1 Å². The number of carbonyl (C=O) groups is 1. The molecule has 1 atom stereocenters. The number of primary amides is 1. The number of rotatable bonds is 1. The highest BCUT2D eigenvalue weighted by molar-refractivity contribution is 5.95. The molecule has 0 aromatic heterocycles. The molecule has 1 aliphatic carbocycles. The SMILES string of the molecule is NC(=O)c1ccc2c3c1CCCC3CN2. The lowest BCUT2D eigenvalue weighted by Crippen LogP contribution is -2.18. The first-order valence-electron chi connectivity index (χ1n) is 5.47. The summed E-state index contributed by atoms with van der Waals surface area (Å²) in [5.74, 6) is 0.309. The topological polar surface area (TPSA) is 55.1 Å². The van der Waals surface area contributed by atoms with Gasteiger partial charge in [-0.25, -0.2) is 0 Å². The van der Waals surface area contributed by atoms with Crippen LogP contribution in [0.1, 0.15) is 40.2 Å². The molecule has 0 spiro atoms. The minimum absolute atomic E-state index is 0.291. The van der Waals surface area contributed by atoms with Crippen LogP contribution in [0.4, 0.5) is 5.69 Å². The lowest BCUT2D eigenvalue weighted by Gasteiger charge is -2.22. The van der Waals surface area contributed by atoms with Crippen molar-refractivity contribution in [2.24, 2.45) is 5.73 Å². The molecule has 3 rings (SSSR count). The van der Waals surface area contributed by atoms with E-state index < -0.39 is 0 Å². The second kappa shape index (κ2) is 2.99. The van der Waals surface area contributed by atoms with Crippen LogP contribution in [0.25, 0.3) is 0 Å². The Hall–Kier alpha value is -1.51. The van der Waals surface area contributed by atoms with Gasteiger partial charge in [-0.2, -0.15) is 0 Å². The maximum atomic E-state index is 11.3. The first-order chi connectivity index (χ1) is 7.27. The Kier molecular flexibility index (Phi) is 1.75. The van der Waals surface area contributed by atoms with Crippen LogP contribution in [0.15, 0.2) is 12.1 Å². The molecule has 15 heavy (non-hydrogen) atoms. The maximum Gasteiger partial charge on any atom is 0.248 e. The molecule has 1 aromatic rings. The first-order valence-corrected chi connectivity index (χ1v) is 5.47. The monoisotopic (exact) mass is 202 g/mol. The number of nitrogens with one attached hydrogen (secondary N) is 1. The Morgan fingerprint density at radius 3 is 3.13 bits per heavy atom. The van der Waals surface area contributed by atoms with E-state index in [1.54, 1.807) is 0 Å². The van der Waals surface area contributed by atoms with Gasteiger partial charge < -0.3 is 11.1 Å². The summed E-state index contributed by atoms with van der Waals surface area (Å²) in [5, 5.41) is 3.40. The molecule has 3 heteroatoms. The van der Waals surface area contributed by atoms with Crippen molar-refractivity contribution in [3.63, 3.8) is 0 Å². The number of hydrogen-bond acceptors (Lipinski definition) is 2. The van der Waals surface area contributed by atoms with Crippen LogP contribution in [-0.4, -0.2) is 12.5 Å². The summed E-state index contributed by atoms with van der Waals surface area (Å²) in [6.45, 7) is 1.02. The van der Waals surface area contributed by atoms with Gasteiger partial charge in [-0.1, -0.05) is 0 Å². The molecule has 0 saturated carbocycles. The molecule has 3 nitrogen and oxygen atoms in total. The summed E-state index contributed by atoms with van der Waals surface area (Å²) < 4.78 is 0. The first kappa shape index (κ1) is 8.77. The predicted octanol–water partition coefficient (Wildman–Crippen LogP) is 1.63. The highest BCUT2D eigenvalue weighted by Gasteiger charge is 2.30. The Bertz CT molecular complexity index is 439. The van der Waals surface area contributed by atoms with Crippen LogP contribution < -0.4 is 11.1 Å². The summed E-state index contributed by atoms with van der Waals surface area (Å²) in [6.07, 6.45) is 3.40. The summed E-state index contributed by atoms with van der Waals surface area (Å²) in [5.41, 5.74) is 9.88. The number of benzene rings is 1. The van der Waals surface area contributed by atoms with E-state index >= 15 is 0 Å². The number of carbonyl (C=O) groups excluding carboxylic acids is 1. The van der Waals surface area contributed by atoms with Gasteiger partial charge in [-0.3, -0.25) is 4.79 Å². The van der Waals surface area contributed by atoms with Crippen LogP contribution in [0.2, 0.25) is 0 Å². The van der Waals surface area contributed by atoms with Crippen molar-refractivity contribution in [2.75, 3.05) is 11.9 Å². The zero-order valence-corrected chi connectivity index (χ0v) is 8.55. The molecule has 0 fully saturated rings. The highest BCUT2D eigenvalue weighted by atomic mass is 16.1. The number of nitrogens with two attached hydrogens (primary N) is 1. The second-order valence-electron chi connectivity index (χ2n) is 4.39. The summed E-state index contributed by atoms with van der Waals surface area (Å²) >= 11 is 0. The molecule has 3 N–H and O–H groups in total. The van der Waals surface area contributed by atoms with E-state index in [9.17, 15) is 4.79 Å². The average molecular weight is 202 g/mol. The molecule has 78 valence electrons. The molecular formula is C12H14N2O. The lowest BCUT2D eigenvalue weighted by atomic mass is 9.81. The number of amides is 1. The van der Waals surface area contributed by atoms with Gasteiger partial charge in [0, 0.05) is 23.7 Å². The molecule has 1 aromatic carbocycles. The minimum Gasteiger partial charge on any atom is -0.384 e. The van der Waals surface area contributed by atoms with Crippen molar-refractivity contribution < 1.29 is 4.79 Å². The van der Waals surface area contributed by atoms with Gasteiger partial charge in [0.15, 0.2) is 0 Å². The zero-order chi connectivity index (χ0) is 10.4. The third kappa shape index (κ3) is 1.16. The smallest absolute Gasteiger partial charge is 0.248 e. The standard InChI is InChI=1S/C12H14N2O/c13-12(15)9-4-5-10-11-7(6-14-10)2-1-3-8(9)11/h4-5,7,14H,1-3,6H2,(H2,13,15). The predicted molar refractivity (Wildman–Crippen MR) is 59.1 cm³/mol. The molecule has 1 heterocycles. The van der Waals surface area contributed by atoms with Gasteiger partial charge in [0.1, 0.15) is 0 Å². The largest absolute Gasteiger partial charge is 0.384 e. The van der Waals surface area contributed by atoms with Gasteiger partial charge in [0.25, 0.3) is 0 Å². The average Bonchev–Trinajstić information content (AvgIpc) is 2.64. The van der Waals surface area contributed by atoms with Gasteiger partial charge in [0.2, 0.25) is 5.91 Å². The minimum atomic E-state index is -0.291. The maximum absolute atomic E-state index is 11.3. The fraction of sp³-hybridized carbons (Fsp3) is 0.417. The van der Waals surface area contributed by atoms with E-state index in [-0.39, 0.29) is 5.91 Å². The van der Waals surface area contributed by atoms with Gasteiger partial charge >= 0.3 is 0 Å². The fourth-order valence-corrected chi connectivity index (χ4v) is 2.89. The van der Waals surface area contributed by atoms with E-state index in [4.69, 9.17) is 5.73 Å². The molecule has 1 amide bonds. The van der Waals surface area contributed by atoms with Crippen molar-refractivity contribution in [3.05, 3.63) is 28.8 Å². The number of hydrogen-bond donors (Lipinski definition) is 2.